The van der Waals surface area contributed by atoms with Crippen LogP contribution in [0.3, 0.4) is 0 Å². The Kier molecular flexibility index (Phi) is 5.07. The number of rotatable bonds is 5. The SMILES string of the molecule is CC1(C)C2CCC1(C)C(NS(=O)(=O)c1ccc(C(=O)NCC(F)(F)F)cc1)C2. The lowest BCUT2D eigenvalue weighted by Crippen LogP contribution is -2.46. The van der Waals surface area contributed by atoms with Crippen LogP contribution in [0.15, 0.2) is 29.2 Å². The van der Waals surface area contributed by atoms with Gasteiger partial charge in [0.2, 0.25) is 10.0 Å². The number of fused-ring (bicyclic) bond motifs is 2. The third kappa shape index (κ3) is 3.66. The molecule has 3 rings (SSSR count). The van der Waals surface area contributed by atoms with Gasteiger partial charge in [-0.15, -0.1) is 0 Å². The van der Waals surface area contributed by atoms with E-state index >= 15 is 0 Å². The lowest BCUT2D eigenvalue weighted by Gasteiger charge is -2.39. The molecule has 9 heteroatoms. The first-order valence-electron chi connectivity index (χ1n) is 9.24. The number of carbonyl (C=O) groups excluding carboxylic acids is 1. The molecule has 0 aromatic heterocycles. The fraction of sp³-hybridized carbons (Fsp3) is 0.632. The molecule has 5 nitrogen and oxygen atoms in total. The van der Waals surface area contributed by atoms with Crippen molar-refractivity contribution < 1.29 is 26.4 Å². The zero-order chi connectivity index (χ0) is 21.0. The van der Waals surface area contributed by atoms with E-state index in [0.29, 0.717) is 5.92 Å². The van der Waals surface area contributed by atoms with Gasteiger partial charge in [-0.05, 0) is 60.3 Å². The van der Waals surface area contributed by atoms with E-state index in [4.69, 9.17) is 0 Å². The molecule has 2 saturated carbocycles. The Morgan fingerprint density at radius 2 is 1.79 bits per heavy atom. The van der Waals surface area contributed by atoms with E-state index in [2.05, 4.69) is 25.5 Å². The molecule has 0 heterocycles. The van der Waals surface area contributed by atoms with E-state index in [-0.39, 0.29) is 27.3 Å². The van der Waals surface area contributed by atoms with Crippen molar-refractivity contribution in [2.24, 2.45) is 16.7 Å². The summed E-state index contributed by atoms with van der Waals surface area (Å²) in [5.41, 5.74) is -0.0980. The van der Waals surface area contributed by atoms with Gasteiger partial charge in [-0.25, -0.2) is 13.1 Å². The molecular weight excluding hydrogens is 393 g/mol. The predicted octanol–water partition coefficient (Wildman–Crippen LogP) is 3.47. The number of hydrogen-bond donors (Lipinski definition) is 2. The maximum absolute atomic E-state index is 12.8. The Balaban J connectivity index is 1.71. The van der Waals surface area contributed by atoms with Gasteiger partial charge in [0.05, 0.1) is 4.90 Å². The fourth-order valence-electron chi connectivity index (χ4n) is 4.71. The van der Waals surface area contributed by atoms with Crippen molar-refractivity contribution in [2.75, 3.05) is 6.54 Å². The van der Waals surface area contributed by atoms with Crippen molar-refractivity contribution in [3.63, 3.8) is 0 Å². The monoisotopic (exact) mass is 418 g/mol. The van der Waals surface area contributed by atoms with Crippen LogP contribution in [0.2, 0.25) is 0 Å². The zero-order valence-corrected chi connectivity index (χ0v) is 16.9. The molecular formula is C19H25F3N2O3S. The highest BCUT2D eigenvalue weighted by atomic mass is 32.2. The van der Waals surface area contributed by atoms with E-state index in [9.17, 15) is 26.4 Å². The summed E-state index contributed by atoms with van der Waals surface area (Å²) in [4.78, 5) is 11.7. The topological polar surface area (TPSA) is 75.3 Å². The highest BCUT2D eigenvalue weighted by Gasteiger charge is 2.61. The molecule has 2 fully saturated rings. The van der Waals surface area contributed by atoms with Gasteiger partial charge in [0.15, 0.2) is 0 Å². The van der Waals surface area contributed by atoms with Crippen molar-refractivity contribution in [1.82, 2.24) is 10.0 Å². The summed E-state index contributed by atoms with van der Waals surface area (Å²) >= 11 is 0. The van der Waals surface area contributed by atoms with Crippen LogP contribution < -0.4 is 10.0 Å². The molecule has 2 aliphatic carbocycles. The number of alkyl halides is 3. The average Bonchev–Trinajstić information content (AvgIpc) is 2.92. The molecule has 156 valence electrons. The number of hydrogen-bond acceptors (Lipinski definition) is 3. The maximum atomic E-state index is 12.8. The van der Waals surface area contributed by atoms with Gasteiger partial charge in [0.1, 0.15) is 6.54 Å². The zero-order valence-electron chi connectivity index (χ0n) is 16.1. The van der Waals surface area contributed by atoms with Crippen LogP contribution in [0.4, 0.5) is 13.2 Å². The minimum atomic E-state index is -4.51. The molecule has 3 atom stereocenters. The summed E-state index contributed by atoms with van der Waals surface area (Å²) in [6.07, 6.45) is -1.65. The van der Waals surface area contributed by atoms with Gasteiger partial charge in [-0.2, -0.15) is 13.2 Å². The first-order chi connectivity index (χ1) is 12.8. The van der Waals surface area contributed by atoms with Crippen molar-refractivity contribution in [2.45, 2.75) is 57.1 Å². The molecule has 1 aromatic rings. The van der Waals surface area contributed by atoms with Crippen LogP contribution in [0, 0.1) is 16.7 Å². The summed E-state index contributed by atoms with van der Waals surface area (Å²) < 4.78 is 65.0. The third-order valence-electron chi connectivity index (χ3n) is 6.97. The Morgan fingerprint density at radius 1 is 1.18 bits per heavy atom. The van der Waals surface area contributed by atoms with E-state index in [1.54, 1.807) is 5.32 Å². The Morgan fingerprint density at radius 3 is 2.25 bits per heavy atom. The van der Waals surface area contributed by atoms with Gasteiger partial charge in [-0.1, -0.05) is 20.8 Å². The molecule has 2 bridgehead atoms. The summed E-state index contributed by atoms with van der Waals surface area (Å²) in [5, 5.41) is 1.76. The van der Waals surface area contributed by atoms with E-state index in [0.717, 1.165) is 19.3 Å². The molecule has 1 aromatic carbocycles. The van der Waals surface area contributed by atoms with Crippen LogP contribution in [-0.2, 0) is 10.0 Å². The first-order valence-corrected chi connectivity index (χ1v) is 10.7. The molecule has 2 aliphatic rings. The number of sulfonamides is 1. The van der Waals surface area contributed by atoms with E-state index < -0.39 is 28.7 Å². The Labute approximate surface area is 163 Å². The second-order valence-electron chi connectivity index (χ2n) is 8.61. The predicted molar refractivity (Wildman–Crippen MR) is 98.2 cm³/mol. The second kappa shape index (κ2) is 6.73. The highest BCUT2D eigenvalue weighted by molar-refractivity contribution is 7.89. The summed E-state index contributed by atoms with van der Waals surface area (Å²) in [6, 6.07) is 4.75. The molecule has 2 N–H and O–H groups in total. The molecule has 0 saturated heterocycles. The maximum Gasteiger partial charge on any atom is 0.405 e. The van der Waals surface area contributed by atoms with Crippen molar-refractivity contribution in [3.8, 4) is 0 Å². The smallest absolute Gasteiger partial charge is 0.343 e. The van der Waals surface area contributed by atoms with Gasteiger partial charge in [0.25, 0.3) is 5.91 Å². The number of halogens is 3. The molecule has 1 amide bonds. The standard InChI is InChI=1S/C19H25F3N2O3S/c1-17(2)13-8-9-18(17,3)15(10-13)24-28(26,27)14-6-4-12(5-7-14)16(25)23-11-19(20,21)22/h4-7,13,15,24H,8-11H2,1-3H3,(H,23,25). The minimum Gasteiger partial charge on any atom is -0.343 e. The van der Waals surface area contributed by atoms with Crippen LogP contribution in [-0.4, -0.2) is 33.1 Å². The fourth-order valence-corrected chi connectivity index (χ4v) is 6.07. The number of carbonyl (C=O) groups is 1. The van der Waals surface area contributed by atoms with Crippen LogP contribution in [0.25, 0.3) is 0 Å². The Hall–Kier alpha value is -1.61. The Bertz CT molecular complexity index is 865. The average molecular weight is 418 g/mol. The molecule has 0 aliphatic heterocycles. The van der Waals surface area contributed by atoms with Crippen LogP contribution in [0.1, 0.15) is 50.4 Å². The van der Waals surface area contributed by atoms with E-state index in [1.165, 1.54) is 24.3 Å². The molecule has 3 unspecified atom stereocenters. The summed E-state index contributed by atoms with van der Waals surface area (Å²) in [5.74, 6) is -0.429. The van der Waals surface area contributed by atoms with Gasteiger partial charge >= 0.3 is 6.18 Å². The summed E-state index contributed by atoms with van der Waals surface area (Å²) in [6.45, 7) is 5.06. The minimum absolute atomic E-state index is 0.0101. The third-order valence-corrected chi connectivity index (χ3v) is 8.46. The summed E-state index contributed by atoms with van der Waals surface area (Å²) in [7, 11) is -3.79. The van der Waals surface area contributed by atoms with E-state index in [1.807, 2.05) is 0 Å². The lowest BCUT2D eigenvalue weighted by molar-refractivity contribution is -0.123. The molecule has 0 spiro atoms. The number of amides is 1. The van der Waals surface area contributed by atoms with Crippen molar-refractivity contribution in [3.05, 3.63) is 29.8 Å². The normalized spacial score (nSPS) is 29.1. The molecule has 28 heavy (non-hydrogen) atoms. The number of benzene rings is 1. The van der Waals surface area contributed by atoms with Gasteiger partial charge in [0, 0.05) is 11.6 Å². The van der Waals surface area contributed by atoms with Gasteiger partial charge in [-0.3, -0.25) is 4.79 Å². The second-order valence-corrected chi connectivity index (χ2v) is 10.3. The largest absolute Gasteiger partial charge is 0.405 e. The quantitative estimate of drug-likeness (QED) is 0.769. The van der Waals surface area contributed by atoms with Crippen LogP contribution >= 0.6 is 0 Å². The lowest BCUT2D eigenvalue weighted by atomic mass is 9.69. The highest BCUT2D eigenvalue weighted by Crippen LogP contribution is 2.65. The number of nitrogens with one attached hydrogen (secondary N) is 2. The van der Waals surface area contributed by atoms with Crippen LogP contribution in [0.5, 0.6) is 0 Å². The first kappa shape index (κ1) is 21.1. The van der Waals surface area contributed by atoms with Crippen molar-refractivity contribution in [1.29, 1.82) is 0 Å². The van der Waals surface area contributed by atoms with Crippen molar-refractivity contribution >= 4 is 15.9 Å². The molecule has 0 radical (unpaired) electrons. The van der Waals surface area contributed by atoms with Gasteiger partial charge < -0.3 is 5.32 Å².